The Morgan fingerprint density at radius 2 is 2.10 bits per heavy atom. The quantitative estimate of drug-likeness (QED) is 0.686. The number of carbonyl (C=O) groups is 1. The summed E-state index contributed by atoms with van der Waals surface area (Å²) in [5, 5.41) is 2.97. The van der Waals surface area contributed by atoms with Crippen LogP contribution in [-0.4, -0.2) is 24.7 Å². The van der Waals surface area contributed by atoms with Gasteiger partial charge in [-0.15, -0.1) is 0 Å². The molecule has 1 aromatic rings. The van der Waals surface area contributed by atoms with Gasteiger partial charge < -0.3 is 10.1 Å². The predicted octanol–water partition coefficient (Wildman–Crippen LogP) is 2.65. The molecule has 0 amide bonds. The fraction of sp³-hybridized carbons (Fsp3) is 0.471. The fourth-order valence-corrected chi connectivity index (χ4v) is 2.97. The number of quaternary nitrogens is 1. The number of halogens is 1. The van der Waals surface area contributed by atoms with Crippen LogP contribution in [0.1, 0.15) is 32.3 Å². The number of benzene rings is 1. The third kappa shape index (κ3) is 4.87. The van der Waals surface area contributed by atoms with Crippen LogP contribution >= 0.6 is 11.6 Å². The normalized spacial score (nSPS) is 17.1. The minimum atomic E-state index is -0.413. The Morgan fingerprint density at radius 1 is 1.38 bits per heavy atom. The van der Waals surface area contributed by atoms with Gasteiger partial charge in [0, 0.05) is 29.9 Å². The van der Waals surface area contributed by atoms with Crippen LogP contribution in [0.25, 0.3) is 6.08 Å². The highest BCUT2D eigenvalue weighted by Crippen LogP contribution is 2.28. The lowest BCUT2D eigenvalue weighted by Gasteiger charge is -2.35. The predicted molar refractivity (Wildman–Crippen MR) is 85.0 cm³/mol. The van der Waals surface area contributed by atoms with Gasteiger partial charge in [-0.05, 0) is 37.6 Å². The van der Waals surface area contributed by atoms with Gasteiger partial charge in [0.25, 0.3) is 0 Å². The van der Waals surface area contributed by atoms with Crippen molar-refractivity contribution in [3.05, 3.63) is 40.9 Å². The van der Waals surface area contributed by atoms with Gasteiger partial charge in [0.1, 0.15) is 5.60 Å². The molecule has 0 unspecified atom stereocenters. The van der Waals surface area contributed by atoms with Gasteiger partial charge in [-0.3, -0.25) is 0 Å². The zero-order valence-corrected chi connectivity index (χ0v) is 13.4. The largest absolute Gasteiger partial charge is 0.456 e. The molecule has 1 heterocycles. The van der Waals surface area contributed by atoms with Crippen molar-refractivity contribution in [2.75, 3.05) is 13.1 Å². The smallest absolute Gasteiger partial charge is 0.331 e. The third-order valence-corrected chi connectivity index (χ3v) is 4.28. The van der Waals surface area contributed by atoms with E-state index in [4.69, 9.17) is 16.3 Å². The molecular formula is C17H23ClNO2+. The van der Waals surface area contributed by atoms with Crippen molar-refractivity contribution in [2.24, 2.45) is 5.92 Å². The SMILES string of the molecule is CC(C)(OC(=O)/C=C/c1cccc(Cl)c1)C1CC[NH2+]CC1. The van der Waals surface area contributed by atoms with E-state index in [1.54, 1.807) is 12.1 Å². The highest BCUT2D eigenvalue weighted by Gasteiger charge is 2.34. The zero-order valence-electron chi connectivity index (χ0n) is 12.6. The summed E-state index contributed by atoms with van der Waals surface area (Å²) in [7, 11) is 0. The highest BCUT2D eigenvalue weighted by atomic mass is 35.5. The van der Waals surface area contributed by atoms with Crippen LogP contribution in [0.15, 0.2) is 30.3 Å². The maximum Gasteiger partial charge on any atom is 0.331 e. The van der Waals surface area contributed by atoms with E-state index < -0.39 is 5.60 Å². The Balaban J connectivity index is 1.94. The summed E-state index contributed by atoms with van der Waals surface area (Å²) >= 11 is 5.92. The van der Waals surface area contributed by atoms with E-state index in [2.05, 4.69) is 5.32 Å². The second kappa shape index (κ2) is 7.10. The van der Waals surface area contributed by atoms with E-state index in [-0.39, 0.29) is 5.97 Å². The number of rotatable bonds is 4. The lowest BCUT2D eigenvalue weighted by molar-refractivity contribution is -0.665. The second-order valence-corrected chi connectivity index (χ2v) is 6.49. The Bertz CT molecular complexity index is 519. The summed E-state index contributed by atoms with van der Waals surface area (Å²) in [6.07, 6.45) is 5.40. The first kappa shape index (κ1) is 16.1. The van der Waals surface area contributed by atoms with Crippen molar-refractivity contribution in [3.8, 4) is 0 Å². The van der Waals surface area contributed by atoms with E-state index in [1.807, 2.05) is 32.0 Å². The molecular weight excluding hydrogens is 286 g/mol. The average molecular weight is 309 g/mol. The van der Waals surface area contributed by atoms with E-state index in [0.29, 0.717) is 10.9 Å². The lowest BCUT2D eigenvalue weighted by Crippen LogP contribution is -2.86. The molecule has 0 aromatic heterocycles. The molecule has 1 fully saturated rings. The molecule has 21 heavy (non-hydrogen) atoms. The van der Waals surface area contributed by atoms with Gasteiger partial charge in [-0.1, -0.05) is 23.7 Å². The zero-order chi connectivity index (χ0) is 15.3. The molecule has 3 nitrogen and oxygen atoms in total. The van der Waals surface area contributed by atoms with E-state index in [0.717, 1.165) is 31.5 Å². The molecule has 0 atom stereocenters. The topological polar surface area (TPSA) is 42.9 Å². The number of hydrogen-bond donors (Lipinski definition) is 1. The third-order valence-electron chi connectivity index (χ3n) is 4.05. The van der Waals surface area contributed by atoms with Gasteiger partial charge >= 0.3 is 5.97 Å². The molecule has 0 radical (unpaired) electrons. The van der Waals surface area contributed by atoms with E-state index in [1.165, 1.54) is 6.08 Å². The highest BCUT2D eigenvalue weighted by molar-refractivity contribution is 6.30. The molecule has 2 N–H and O–H groups in total. The first-order chi connectivity index (χ1) is 9.97. The number of carbonyl (C=O) groups excluding carboxylic acids is 1. The Labute approximate surface area is 131 Å². The molecule has 1 aromatic carbocycles. The van der Waals surface area contributed by atoms with Crippen molar-refractivity contribution in [2.45, 2.75) is 32.3 Å². The lowest BCUT2D eigenvalue weighted by atomic mass is 9.83. The van der Waals surface area contributed by atoms with Gasteiger partial charge in [0.2, 0.25) is 0 Å². The molecule has 2 rings (SSSR count). The van der Waals surface area contributed by atoms with Crippen LogP contribution in [-0.2, 0) is 9.53 Å². The van der Waals surface area contributed by atoms with Crippen LogP contribution in [0, 0.1) is 5.92 Å². The van der Waals surface area contributed by atoms with Crippen molar-refractivity contribution in [3.63, 3.8) is 0 Å². The number of hydrogen-bond acceptors (Lipinski definition) is 2. The van der Waals surface area contributed by atoms with E-state index in [9.17, 15) is 4.79 Å². The average Bonchev–Trinajstić information content (AvgIpc) is 2.46. The van der Waals surface area contributed by atoms with Crippen LogP contribution in [0.4, 0.5) is 0 Å². The maximum atomic E-state index is 12.0. The Hall–Kier alpha value is -1.32. The van der Waals surface area contributed by atoms with Crippen molar-refractivity contribution in [1.82, 2.24) is 0 Å². The summed E-state index contributed by atoms with van der Waals surface area (Å²) in [6, 6.07) is 7.38. The molecule has 114 valence electrons. The summed E-state index contributed by atoms with van der Waals surface area (Å²) in [6.45, 7) is 6.25. The molecule has 0 aliphatic carbocycles. The van der Waals surface area contributed by atoms with Crippen molar-refractivity contribution in [1.29, 1.82) is 0 Å². The van der Waals surface area contributed by atoms with Gasteiger partial charge in [0.15, 0.2) is 0 Å². The molecule has 1 aliphatic heterocycles. The molecule has 1 aliphatic rings. The van der Waals surface area contributed by atoms with Crippen LogP contribution in [0.3, 0.4) is 0 Å². The minimum Gasteiger partial charge on any atom is -0.456 e. The maximum absolute atomic E-state index is 12.0. The summed E-state index contributed by atoms with van der Waals surface area (Å²) in [4.78, 5) is 12.0. The van der Waals surface area contributed by atoms with Crippen LogP contribution in [0.2, 0.25) is 5.02 Å². The van der Waals surface area contributed by atoms with Crippen molar-refractivity contribution < 1.29 is 14.8 Å². The molecule has 4 heteroatoms. The summed E-state index contributed by atoms with van der Waals surface area (Å²) in [5.41, 5.74) is 0.480. The standard InChI is InChI=1S/C17H22ClNO2/c1-17(2,14-8-10-19-11-9-14)21-16(20)7-6-13-4-3-5-15(18)12-13/h3-7,12,14,19H,8-11H2,1-2H3/p+1/b7-6+. The Morgan fingerprint density at radius 3 is 2.76 bits per heavy atom. The fourth-order valence-electron chi connectivity index (χ4n) is 2.77. The number of ether oxygens (including phenoxy) is 1. The molecule has 0 spiro atoms. The monoisotopic (exact) mass is 308 g/mol. The number of piperidine rings is 1. The van der Waals surface area contributed by atoms with Crippen LogP contribution in [0.5, 0.6) is 0 Å². The number of nitrogens with two attached hydrogens (primary N) is 1. The second-order valence-electron chi connectivity index (χ2n) is 6.05. The van der Waals surface area contributed by atoms with Gasteiger partial charge in [-0.25, -0.2) is 4.79 Å². The Kier molecular flexibility index (Phi) is 5.43. The summed E-state index contributed by atoms with van der Waals surface area (Å²) < 4.78 is 5.66. The first-order valence-corrected chi connectivity index (χ1v) is 7.83. The summed E-state index contributed by atoms with van der Waals surface area (Å²) in [5.74, 6) is 0.139. The van der Waals surface area contributed by atoms with E-state index >= 15 is 0 Å². The van der Waals surface area contributed by atoms with Gasteiger partial charge in [-0.2, -0.15) is 0 Å². The van der Waals surface area contributed by atoms with Gasteiger partial charge in [0.05, 0.1) is 13.1 Å². The first-order valence-electron chi connectivity index (χ1n) is 7.46. The molecule has 1 saturated heterocycles. The molecule has 0 bridgehead atoms. The van der Waals surface area contributed by atoms with Crippen LogP contribution < -0.4 is 5.32 Å². The minimum absolute atomic E-state index is 0.297. The van der Waals surface area contributed by atoms with Crippen molar-refractivity contribution >= 4 is 23.6 Å². The number of esters is 1. The molecule has 0 saturated carbocycles.